The first-order valence-electron chi connectivity index (χ1n) is 4.20. The van der Waals surface area contributed by atoms with Crippen LogP contribution in [0.4, 0.5) is 0 Å². The molecule has 0 aliphatic rings. The highest BCUT2D eigenvalue weighted by Crippen LogP contribution is 2.25. The van der Waals surface area contributed by atoms with Crippen LogP contribution in [0, 0.1) is 0 Å². The Kier molecular flexibility index (Phi) is 3.98. The van der Waals surface area contributed by atoms with Crippen LogP contribution < -0.4 is 4.72 Å². The zero-order valence-electron chi connectivity index (χ0n) is 8.08. The van der Waals surface area contributed by atoms with E-state index < -0.39 is 5.54 Å². The molecule has 0 heterocycles. The number of aldehydes is 1. The lowest BCUT2D eigenvalue weighted by Crippen LogP contribution is -2.35. The second-order valence-corrected chi connectivity index (χ2v) is 4.73. The first kappa shape index (κ1) is 11.6. The van der Waals surface area contributed by atoms with Crippen LogP contribution in [-0.2, 0) is 4.79 Å². The van der Waals surface area contributed by atoms with Crippen molar-refractivity contribution < 1.29 is 4.79 Å². The minimum atomic E-state index is -0.538. The number of halogens is 1. The van der Waals surface area contributed by atoms with E-state index in [9.17, 15) is 4.79 Å². The third-order valence-electron chi connectivity index (χ3n) is 1.56. The second-order valence-electron chi connectivity index (χ2n) is 3.47. The van der Waals surface area contributed by atoms with E-state index in [1.54, 1.807) is 0 Å². The Morgan fingerprint density at radius 3 is 2.64 bits per heavy atom. The molecule has 0 unspecified atom stereocenters. The molecule has 1 N–H and O–H groups in total. The van der Waals surface area contributed by atoms with Gasteiger partial charge in [-0.2, -0.15) is 0 Å². The van der Waals surface area contributed by atoms with E-state index in [4.69, 9.17) is 11.6 Å². The minimum absolute atomic E-state index is 0.538. The summed E-state index contributed by atoms with van der Waals surface area (Å²) in [6, 6.07) is 7.50. The quantitative estimate of drug-likeness (QED) is 0.636. The molecule has 0 atom stereocenters. The van der Waals surface area contributed by atoms with Crippen LogP contribution in [-0.4, -0.2) is 11.8 Å². The number of hydrogen-bond donors (Lipinski definition) is 1. The maximum Gasteiger partial charge on any atom is 0.140 e. The number of carbonyl (C=O) groups is 1. The Hall–Kier alpha value is -0.510. The summed E-state index contributed by atoms with van der Waals surface area (Å²) in [6.45, 7) is 3.62. The molecule has 0 aliphatic heterocycles. The Morgan fingerprint density at radius 2 is 2.07 bits per heavy atom. The first-order chi connectivity index (χ1) is 6.55. The van der Waals surface area contributed by atoms with Gasteiger partial charge in [0.15, 0.2) is 0 Å². The lowest BCUT2D eigenvalue weighted by atomic mass is 10.1. The Bertz CT molecular complexity index is 328. The van der Waals surface area contributed by atoms with Gasteiger partial charge in [0, 0.05) is 4.90 Å². The van der Waals surface area contributed by atoms with Crippen molar-refractivity contribution in [2.24, 2.45) is 0 Å². The number of carbonyl (C=O) groups excluding carboxylic acids is 1. The van der Waals surface area contributed by atoms with E-state index in [1.807, 2.05) is 38.1 Å². The van der Waals surface area contributed by atoms with Gasteiger partial charge in [0.05, 0.1) is 10.6 Å². The van der Waals surface area contributed by atoms with Crippen LogP contribution in [0.15, 0.2) is 29.2 Å². The van der Waals surface area contributed by atoms with Crippen molar-refractivity contribution >= 4 is 29.8 Å². The fourth-order valence-electron chi connectivity index (χ4n) is 0.738. The zero-order chi connectivity index (χ0) is 10.6. The molecule has 76 valence electrons. The highest BCUT2D eigenvalue weighted by molar-refractivity contribution is 7.97. The van der Waals surface area contributed by atoms with Gasteiger partial charge in [-0.05, 0) is 37.9 Å². The molecule has 0 aliphatic carbocycles. The van der Waals surface area contributed by atoms with Gasteiger partial charge in [-0.3, -0.25) is 0 Å². The molecule has 2 nitrogen and oxygen atoms in total. The molecule has 0 spiro atoms. The van der Waals surface area contributed by atoms with Gasteiger partial charge in [0.25, 0.3) is 0 Å². The largest absolute Gasteiger partial charge is 0.301 e. The molecule has 1 aromatic carbocycles. The molecule has 1 rings (SSSR count). The standard InChI is InChI=1S/C10H12ClNOS/c1-10(2,7-13)12-14-9-6-4-3-5-8(9)11/h3-7,12H,1-2H3. The summed E-state index contributed by atoms with van der Waals surface area (Å²) in [4.78, 5) is 11.5. The molecule has 0 saturated heterocycles. The van der Waals surface area contributed by atoms with Crippen LogP contribution in [0.5, 0.6) is 0 Å². The Labute approximate surface area is 93.2 Å². The summed E-state index contributed by atoms with van der Waals surface area (Å²) in [6.07, 6.45) is 0.872. The summed E-state index contributed by atoms with van der Waals surface area (Å²) in [5.74, 6) is 0. The predicted octanol–water partition coefficient (Wildman–Crippen LogP) is 2.91. The van der Waals surface area contributed by atoms with E-state index in [2.05, 4.69) is 4.72 Å². The topological polar surface area (TPSA) is 29.1 Å². The summed E-state index contributed by atoms with van der Waals surface area (Å²) >= 11 is 7.31. The van der Waals surface area contributed by atoms with Crippen molar-refractivity contribution in [3.05, 3.63) is 29.3 Å². The van der Waals surface area contributed by atoms with Crippen molar-refractivity contribution in [3.63, 3.8) is 0 Å². The van der Waals surface area contributed by atoms with Gasteiger partial charge in [-0.1, -0.05) is 23.7 Å². The van der Waals surface area contributed by atoms with Crippen LogP contribution in [0.25, 0.3) is 0 Å². The second kappa shape index (κ2) is 4.82. The lowest BCUT2D eigenvalue weighted by molar-refractivity contribution is -0.111. The average Bonchev–Trinajstić information content (AvgIpc) is 2.17. The maximum absolute atomic E-state index is 10.6. The van der Waals surface area contributed by atoms with Crippen LogP contribution >= 0.6 is 23.5 Å². The van der Waals surface area contributed by atoms with Crippen molar-refractivity contribution in [2.45, 2.75) is 24.3 Å². The van der Waals surface area contributed by atoms with Gasteiger partial charge in [0.1, 0.15) is 6.29 Å². The monoisotopic (exact) mass is 229 g/mol. The summed E-state index contributed by atoms with van der Waals surface area (Å²) in [5.41, 5.74) is -0.538. The number of nitrogens with one attached hydrogen (secondary N) is 1. The van der Waals surface area contributed by atoms with E-state index in [-0.39, 0.29) is 0 Å². The van der Waals surface area contributed by atoms with Crippen LogP contribution in [0.1, 0.15) is 13.8 Å². The molecular weight excluding hydrogens is 218 g/mol. The molecule has 0 saturated carbocycles. The van der Waals surface area contributed by atoms with E-state index in [0.717, 1.165) is 11.2 Å². The van der Waals surface area contributed by atoms with Gasteiger partial charge >= 0.3 is 0 Å². The number of rotatable bonds is 4. The fraction of sp³-hybridized carbons (Fsp3) is 0.300. The molecule has 0 radical (unpaired) electrons. The molecule has 1 aromatic rings. The summed E-state index contributed by atoms with van der Waals surface area (Å²) in [5, 5.41) is 0.687. The fourth-order valence-corrected chi connectivity index (χ4v) is 1.72. The lowest BCUT2D eigenvalue weighted by Gasteiger charge is -2.18. The van der Waals surface area contributed by atoms with Crippen molar-refractivity contribution in [1.29, 1.82) is 0 Å². The van der Waals surface area contributed by atoms with Crippen molar-refractivity contribution in [1.82, 2.24) is 4.72 Å². The third-order valence-corrected chi connectivity index (χ3v) is 3.20. The highest BCUT2D eigenvalue weighted by Gasteiger charge is 2.16. The number of hydrogen-bond acceptors (Lipinski definition) is 3. The molecule has 4 heteroatoms. The summed E-state index contributed by atoms with van der Waals surface area (Å²) in [7, 11) is 0. The Balaban J connectivity index is 2.62. The van der Waals surface area contributed by atoms with Gasteiger partial charge < -0.3 is 4.79 Å². The van der Waals surface area contributed by atoms with Crippen LogP contribution in [0.2, 0.25) is 5.02 Å². The van der Waals surface area contributed by atoms with Gasteiger partial charge in [-0.15, -0.1) is 0 Å². The van der Waals surface area contributed by atoms with E-state index in [1.165, 1.54) is 11.9 Å². The molecular formula is C10H12ClNOS. The average molecular weight is 230 g/mol. The van der Waals surface area contributed by atoms with Gasteiger partial charge in [-0.25, -0.2) is 4.72 Å². The molecule has 0 bridgehead atoms. The first-order valence-corrected chi connectivity index (χ1v) is 5.39. The highest BCUT2D eigenvalue weighted by atomic mass is 35.5. The van der Waals surface area contributed by atoms with Gasteiger partial charge in [0.2, 0.25) is 0 Å². The van der Waals surface area contributed by atoms with Crippen LogP contribution in [0.3, 0.4) is 0 Å². The molecule has 0 aromatic heterocycles. The molecule has 0 amide bonds. The molecule has 14 heavy (non-hydrogen) atoms. The summed E-state index contributed by atoms with van der Waals surface area (Å²) < 4.78 is 3.03. The Morgan fingerprint density at radius 1 is 1.43 bits per heavy atom. The van der Waals surface area contributed by atoms with E-state index in [0.29, 0.717) is 5.02 Å². The van der Waals surface area contributed by atoms with Crippen molar-refractivity contribution in [2.75, 3.05) is 0 Å². The third kappa shape index (κ3) is 3.33. The SMILES string of the molecule is CC(C)(C=O)NSc1ccccc1Cl. The zero-order valence-corrected chi connectivity index (χ0v) is 9.65. The molecule has 0 fully saturated rings. The number of benzene rings is 1. The maximum atomic E-state index is 10.6. The predicted molar refractivity (Wildman–Crippen MR) is 60.6 cm³/mol. The normalized spacial score (nSPS) is 11.4. The van der Waals surface area contributed by atoms with E-state index >= 15 is 0 Å². The smallest absolute Gasteiger partial charge is 0.140 e. The minimum Gasteiger partial charge on any atom is -0.301 e. The van der Waals surface area contributed by atoms with Crippen molar-refractivity contribution in [3.8, 4) is 0 Å².